The molecule has 1 saturated heterocycles. The van der Waals surface area contributed by atoms with Crippen molar-refractivity contribution in [1.29, 1.82) is 0 Å². The third kappa shape index (κ3) is 3.71. The summed E-state index contributed by atoms with van der Waals surface area (Å²) in [5, 5.41) is 0. The Labute approximate surface area is 132 Å². The van der Waals surface area contributed by atoms with Crippen molar-refractivity contribution in [3.63, 3.8) is 0 Å². The zero-order chi connectivity index (χ0) is 15.5. The Morgan fingerprint density at radius 1 is 1.29 bits per heavy atom. The van der Waals surface area contributed by atoms with Crippen LogP contribution in [0.2, 0.25) is 0 Å². The molecule has 1 heterocycles. The van der Waals surface area contributed by atoms with Gasteiger partial charge in [-0.15, -0.1) is 11.6 Å². The molecule has 0 N–H and O–H groups in total. The van der Waals surface area contributed by atoms with Crippen molar-refractivity contribution in [1.82, 2.24) is 4.31 Å². The maximum Gasteiger partial charge on any atom is 0.243 e. The van der Waals surface area contributed by atoms with E-state index < -0.39 is 10.0 Å². The quantitative estimate of drug-likeness (QED) is 0.593. The molecule has 1 aromatic rings. The van der Waals surface area contributed by atoms with E-state index in [0.29, 0.717) is 29.7 Å². The van der Waals surface area contributed by atoms with Crippen molar-refractivity contribution in [2.75, 3.05) is 19.0 Å². The van der Waals surface area contributed by atoms with Crippen molar-refractivity contribution in [2.45, 2.75) is 43.5 Å². The minimum absolute atomic E-state index is 0.311. The van der Waals surface area contributed by atoms with Gasteiger partial charge in [0.05, 0.1) is 11.5 Å². The first kappa shape index (κ1) is 16.6. The highest BCUT2D eigenvalue weighted by Crippen LogP contribution is 2.34. The van der Waals surface area contributed by atoms with Crippen molar-refractivity contribution in [3.8, 4) is 5.75 Å². The van der Waals surface area contributed by atoms with Gasteiger partial charge in [-0.3, -0.25) is 0 Å². The summed E-state index contributed by atoms with van der Waals surface area (Å²) in [6.07, 6.45) is 2.57. The number of halogens is 1. The molecule has 1 aromatic carbocycles. The molecular formula is C15H22ClNO3S. The number of nitrogens with zero attached hydrogens (tertiary/aromatic N) is 1. The van der Waals surface area contributed by atoms with Gasteiger partial charge in [0.15, 0.2) is 0 Å². The maximum absolute atomic E-state index is 12.7. The lowest BCUT2D eigenvalue weighted by molar-refractivity contribution is 0.291. The molecule has 4 nitrogen and oxygen atoms in total. The van der Waals surface area contributed by atoms with Gasteiger partial charge in [-0.2, -0.15) is 4.31 Å². The Morgan fingerprint density at radius 2 is 1.95 bits per heavy atom. The van der Waals surface area contributed by atoms with Crippen LogP contribution in [0.3, 0.4) is 0 Å². The first-order valence-electron chi connectivity index (χ1n) is 7.19. The van der Waals surface area contributed by atoms with Gasteiger partial charge < -0.3 is 4.74 Å². The Kier molecular flexibility index (Phi) is 5.17. The lowest BCUT2D eigenvalue weighted by atomic mass is 10.0. The van der Waals surface area contributed by atoms with Crippen LogP contribution in [0.15, 0.2) is 29.2 Å². The molecular weight excluding hydrogens is 310 g/mol. The predicted molar refractivity (Wildman–Crippen MR) is 84.5 cm³/mol. The van der Waals surface area contributed by atoms with Gasteiger partial charge in [0, 0.05) is 18.0 Å². The topological polar surface area (TPSA) is 46.6 Å². The molecule has 1 aliphatic rings. The fourth-order valence-corrected chi connectivity index (χ4v) is 4.56. The van der Waals surface area contributed by atoms with Crippen LogP contribution in [-0.2, 0) is 10.0 Å². The zero-order valence-electron chi connectivity index (χ0n) is 12.5. The van der Waals surface area contributed by atoms with E-state index in [1.54, 1.807) is 28.6 Å². The summed E-state index contributed by atoms with van der Waals surface area (Å²) in [6.45, 7) is 5.07. The predicted octanol–water partition coefficient (Wildman–Crippen LogP) is 3.26. The molecule has 1 aliphatic heterocycles. The standard InChI is InChI=1S/C15H22ClNO3S/c1-15(2)9-3-11-17(15)21(18,19)14-7-5-13(6-8-14)20-12-4-10-16/h5-8H,3-4,9-12H2,1-2H3. The number of sulfonamides is 1. The molecule has 0 aliphatic carbocycles. The van der Waals surface area contributed by atoms with E-state index in [2.05, 4.69) is 0 Å². The largest absolute Gasteiger partial charge is 0.494 e. The lowest BCUT2D eigenvalue weighted by Crippen LogP contribution is -2.42. The second kappa shape index (κ2) is 6.55. The molecule has 0 amide bonds. The van der Waals surface area contributed by atoms with Gasteiger partial charge in [-0.1, -0.05) is 0 Å². The summed E-state index contributed by atoms with van der Waals surface area (Å²) in [7, 11) is -3.43. The third-order valence-corrected chi connectivity index (χ3v) is 6.18. The molecule has 0 atom stereocenters. The van der Waals surface area contributed by atoms with Crippen LogP contribution in [0.1, 0.15) is 33.1 Å². The van der Waals surface area contributed by atoms with Crippen LogP contribution in [0.5, 0.6) is 5.75 Å². The average molecular weight is 332 g/mol. The van der Waals surface area contributed by atoms with Crippen molar-refractivity contribution in [3.05, 3.63) is 24.3 Å². The molecule has 0 spiro atoms. The van der Waals surface area contributed by atoms with Crippen LogP contribution >= 0.6 is 11.6 Å². The van der Waals surface area contributed by atoms with Gasteiger partial charge in [0.25, 0.3) is 0 Å². The number of ether oxygens (including phenoxy) is 1. The van der Waals surface area contributed by atoms with Crippen LogP contribution in [0.4, 0.5) is 0 Å². The van der Waals surface area contributed by atoms with Crippen molar-refractivity contribution >= 4 is 21.6 Å². The summed E-state index contributed by atoms with van der Waals surface area (Å²) in [5.41, 5.74) is -0.311. The van der Waals surface area contributed by atoms with E-state index in [4.69, 9.17) is 16.3 Å². The van der Waals surface area contributed by atoms with E-state index in [9.17, 15) is 8.42 Å². The molecule has 6 heteroatoms. The monoisotopic (exact) mass is 331 g/mol. The maximum atomic E-state index is 12.7. The number of benzene rings is 1. The summed E-state index contributed by atoms with van der Waals surface area (Å²) >= 11 is 5.59. The third-order valence-electron chi connectivity index (χ3n) is 3.78. The molecule has 0 radical (unpaired) electrons. The molecule has 0 aromatic heterocycles. The number of rotatable bonds is 6. The molecule has 2 rings (SSSR count). The highest BCUT2D eigenvalue weighted by atomic mass is 35.5. The molecule has 21 heavy (non-hydrogen) atoms. The first-order valence-corrected chi connectivity index (χ1v) is 9.17. The summed E-state index contributed by atoms with van der Waals surface area (Å²) in [4.78, 5) is 0.321. The molecule has 0 saturated carbocycles. The van der Waals surface area contributed by atoms with E-state index >= 15 is 0 Å². The van der Waals surface area contributed by atoms with E-state index in [1.165, 1.54) is 0 Å². The van der Waals surface area contributed by atoms with E-state index in [0.717, 1.165) is 19.3 Å². The second-order valence-corrected chi connectivity index (χ2v) is 8.10. The summed E-state index contributed by atoms with van der Waals surface area (Å²) in [5.74, 6) is 1.22. The average Bonchev–Trinajstić information content (AvgIpc) is 2.80. The zero-order valence-corrected chi connectivity index (χ0v) is 14.1. The second-order valence-electron chi connectivity index (χ2n) is 5.86. The van der Waals surface area contributed by atoms with Gasteiger partial charge in [-0.25, -0.2) is 8.42 Å². The SMILES string of the molecule is CC1(C)CCCN1S(=O)(=O)c1ccc(OCCCCl)cc1. The molecule has 118 valence electrons. The van der Waals surface area contributed by atoms with Gasteiger partial charge in [-0.05, 0) is 57.4 Å². The molecule has 0 bridgehead atoms. The Bertz CT molecular complexity index is 569. The van der Waals surface area contributed by atoms with Crippen LogP contribution < -0.4 is 4.74 Å². The molecule has 1 fully saturated rings. The lowest BCUT2D eigenvalue weighted by Gasteiger charge is -2.30. The van der Waals surface area contributed by atoms with Crippen LogP contribution in [0, 0.1) is 0 Å². The van der Waals surface area contributed by atoms with Gasteiger partial charge in [0.2, 0.25) is 10.0 Å². The van der Waals surface area contributed by atoms with E-state index in [1.807, 2.05) is 13.8 Å². The summed E-state index contributed by atoms with van der Waals surface area (Å²) < 4.78 is 32.5. The van der Waals surface area contributed by atoms with Gasteiger partial charge >= 0.3 is 0 Å². The van der Waals surface area contributed by atoms with Crippen LogP contribution in [0.25, 0.3) is 0 Å². The number of hydrogen-bond donors (Lipinski definition) is 0. The van der Waals surface area contributed by atoms with Crippen molar-refractivity contribution in [2.24, 2.45) is 0 Å². The fourth-order valence-electron chi connectivity index (χ4n) is 2.61. The van der Waals surface area contributed by atoms with Gasteiger partial charge in [0.1, 0.15) is 5.75 Å². The minimum atomic E-state index is -3.43. The smallest absolute Gasteiger partial charge is 0.243 e. The van der Waals surface area contributed by atoms with Crippen LogP contribution in [-0.4, -0.2) is 37.3 Å². The van der Waals surface area contributed by atoms with E-state index in [-0.39, 0.29) is 5.54 Å². The highest BCUT2D eigenvalue weighted by Gasteiger charge is 2.40. The van der Waals surface area contributed by atoms with Crippen molar-refractivity contribution < 1.29 is 13.2 Å². The summed E-state index contributed by atoms with van der Waals surface area (Å²) in [6, 6.07) is 6.62. The highest BCUT2D eigenvalue weighted by molar-refractivity contribution is 7.89. The molecule has 0 unspecified atom stereocenters. The minimum Gasteiger partial charge on any atom is -0.494 e. The first-order chi connectivity index (χ1) is 9.88. The number of hydrogen-bond acceptors (Lipinski definition) is 3. The Hall–Kier alpha value is -0.780. The normalized spacial score (nSPS) is 18.8. The number of alkyl halides is 1. The fraction of sp³-hybridized carbons (Fsp3) is 0.600. The Balaban J connectivity index is 2.14. The Morgan fingerprint density at radius 3 is 2.48 bits per heavy atom.